The van der Waals surface area contributed by atoms with Crippen LogP contribution in [0.3, 0.4) is 0 Å². The summed E-state index contributed by atoms with van der Waals surface area (Å²) in [7, 11) is 0. The summed E-state index contributed by atoms with van der Waals surface area (Å²) >= 11 is 0. The van der Waals surface area contributed by atoms with E-state index in [1.54, 1.807) is 26.0 Å². The lowest BCUT2D eigenvalue weighted by Gasteiger charge is -2.13. The minimum atomic E-state index is -0.940. The molecule has 0 aliphatic heterocycles. The van der Waals surface area contributed by atoms with Crippen molar-refractivity contribution in [3.63, 3.8) is 0 Å². The molecule has 3 aromatic heterocycles. The normalized spacial score (nSPS) is 12.3. The van der Waals surface area contributed by atoms with Crippen molar-refractivity contribution in [3.8, 4) is 5.82 Å². The molecule has 0 aliphatic rings. The lowest BCUT2D eigenvalue weighted by molar-refractivity contribution is -0.149. The standard InChI is InChI=1S/C21H24N4O5/c1-6-17(21(27)22-18-10-13(3)29-23-18)28-20(26)8-7-16-9-12(2)25(15(16)5)19-11-14(4)30-24-19/h7-11,17H,6H2,1-5H3,(H,22,23,27)/b8-7+. The molecule has 0 radical (unpaired) electrons. The average molecular weight is 412 g/mol. The van der Waals surface area contributed by atoms with Crippen LogP contribution < -0.4 is 5.32 Å². The first-order chi connectivity index (χ1) is 14.3. The summed E-state index contributed by atoms with van der Waals surface area (Å²) in [4.78, 5) is 24.6. The van der Waals surface area contributed by atoms with Crippen LogP contribution in [0.15, 0.2) is 33.3 Å². The highest BCUT2D eigenvalue weighted by Crippen LogP contribution is 2.21. The van der Waals surface area contributed by atoms with E-state index in [-0.39, 0.29) is 5.82 Å². The third-order valence-corrected chi connectivity index (χ3v) is 4.51. The molecule has 3 aromatic rings. The number of esters is 1. The van der Waals surface area contributed by atoms with Crippen molar-refractivity contribution in [3.05, 3.63) is 52.7 Å². The lowest BCUT2D eigenvalue weighted by Crippen LogP contribution is -2.31. The van der Waals surface area contributed by atoms with E-state index in [0.29, 0.717) is 23.8 Å². The van der Waals surface area contributed by atoms with Gasteiger partial charge in [0.25, 0.3) is 5.91 Å². The Bertz CT molecular complexity index is 1090. The van der Waals surface area contributed by atoms with Crippen molar-refractivity contribution >= 4 is 23.8 Å². The Kier molecular flexibility index (Phi) is 6.20. The van der Waals surface area contributed by atoms with Gasteiger partial charge in [-0.2, -0.15) is 0 Å². The van der Waals surface area contributed by atoms with Gasteiger partial charge in [0.1, 0.15) is 11.5 Å². The summed E-state index contributed by atoms with van der Waals surface area (Å²) < 4.78 is 17.3. The summed E-state index contributed by atoms with van der Waals surface area (Å²) in [5, 5.41) is 10.3. The zero-order valence-electron chi connectivity index (χ0n) is 17.6. The number of carbonyl (C=O) groups excluding carboxylic acids is 2. The van der Waals surface area contributed by atoms with Crippen LogP contribution in [0.4, 0.5) is 5.82 Å². The fourth-order valence-electron chi connectivity index (χ4n) is 3.06. The van der Waals surface area contributed by atoms with E-state index in [9.17, 15) is 9.59 Å². The largest absolute Gasteiger partial charge is 0.449 e. The second kappa shape index (κ2) is 8.81. The maximum Gasteiger partial charge on any atom is 0.331 e. The molecule has 0 saturated heterocycles. The highest BCUT2D eigenvalue weighted by Gasteiger charge is 2.21. The Hall–Kier alpha value is -3.62. The van der Waals surface area contributed by atoms with Crippen molar-refractivity contribution in [2.45, 2.75) is 47.1 Å². The number of rotatable bonds is 7. The SMILES string of the molecule is CCC(OC(=O)/C=C/c1cc(C)n(-c2cc(C)on2)c1C)C(=O)Nc1cc(C)on1. The quantitative estimate of drug-likeness (QED) is 0.465. The highest BCUT2D eigenvalue weighted by atomic mass is 16.5. The first-order valence-corrected chi connectivity index (χ1v) is 9.54. The zero-order valence-corrected chi connectivity index (χ0v) is 17.6. The number of hydrogen-bond acceptors (Lipinski definition) is 7. The van der Waals surface area contributed by atoms with Crippen LogP contribution in [0.25, 0.3) is 11.9 Å². The van der Waals surface area contributed by atoms with Crippen LogP contribution in [0.2, 0.25) is 0 Å². The maximum atomic E-state index is 12.3. The highest BCUT2D eigenvalue weighted by molar-refractivity contribution is 5.96. The number of ether oxygens (including phenoxy) is 1. The number of anilines is 1. The molecule has 0 aromatic carbocycles. The van der Waals surface area contributed by atoms with E-state index >= 15 is 0 Å². The molecule has 30 heavy (non-hydrogen) atoms. The second-order valence-corrected chi connectivity index (χ2v) is 6.94. The van der Waals surface area contributed by atoms with Gasteiger partial charge in [-0.05, 0) is 51.8 Å². The smallest absolute Gasteiger partial charge is 0.331 e. The minimum Gasteiger partial charge on any atom is -0.449 e. The monoisotopic (exact) mass is 412 g/mol. The van der Waals surface area contributed by atoms with Crippen LogP contribution in [0.5, 0.6) is 0 Å². The fraction of sp³-hybridized carbons (Fsp3) is 0.333. The van der Waals surface area contributed by atoms with E-state index in [0.717, 1.165) is 17.0 Å². The van der Waals surface area contributed by atoms with Crippen molar-refractivity contribution in [1.29, 1.82) is 0 Å². The van der Waals surface area contributed by atoms with Gasteiger partial charge in [0.05, 0.1) is 0 Å². The summed E-state index contributed by atoms with van der Waals surface area (Å²) in [5.41, 5.74) is 2.68. The van der Waals surface area contributed by atoms with Crippen molar-refractivity contribution in [2.75, 3.05) is 5.32 Å². The predicted molar refractivity (Wildman–Crippen MR) is 109 cm³/mol. The number of nitrogens with zero attached hydrogens (tertiary/aromatic N) is 3. The first-order valence-electron chi connectivity index (χ1n) is 9.54. The molecule has 0 saturated carbocycles. The first kappa shape index (κ1) is 21.1. The van der Waals surface area contributed by atoms with Gasteiger partial charge in [-0.25, -0.2) is 4.79 Å². The minimum absolute atomic E-state index is 0.276. The molecule has 1 amide bonds. The second-order valence-electron chi connectivity index (χ2n) is 6.94. The van der Waals surface area contributed by atoms with Crippen molar-refractivity contribution < 1.29 is 23.4 Å². The van der Waals surface area contributed by atoms with Crippen LogP contribution in [0.1, 0.15) is 41.8 Å². The molecule has 0 spiro atoms. The molecule has 9 nitrogen and oxygen atoms in total. The Morgan fingerprint density at radius 1 is 1.13 bits per heavy atom. The fourth-order valence-corrected chi connectivity index (χ4v) is 3.06. The number of aryl methyl sites for hydroxylation is 3. The molecule has 0 aliphatic carbocycles. The van der Waals surface area contributed by atoms with Gasteiger partial charge in [-0.15, -0.1) is 0 Å². The van der Waals surface area contributed by atoms with Crippen molar-refractivity contribution in [2.24, 2.45) is 0 Å². The van der Waals surface area contributed by atoms with Gasteiger partial charge in [0.15, 0.2) is 17.7 Å². The van der Waals surface area contributed by atoms with Gasteiger partial charge in [0.2, 0.25) is 0 Å². The molecule has 3 rings (SSSR count). The molecule has 158 valence electrons. The predicted octanol–water partition coefficient (Wildman–Crippen LogP) is 3.66. The van der Waals surface area contributed by atoms with Crippen LogP contribution in [-0.4, -0.2) is 32.9 Å². The molecule has 9 heteroatoms. The summed E-state index contributed by atoms with van der Waals surface area (Å²) in [6, 6.07) is 5.35. The Labute approximate surface area is 173 Å². The number of nitrogens with one attached hydrogen (secondary N) is 1. The Morgan fingerprint density at radius 2 is 1.83 bits per heavy atom. The number of aromatic nitrogens is 3. The molecular formula is C21H24N4O5. The van der Waals surface area contributed by atoms with Crippen LogP contribution in [-0.2, 0) is 14.3 Å². The topological polar surface area (TPSA) is 112 Å². The van der Waals surface area contributed by atoms with E-state index in [1.165, 1.54) is 6.08 Å². The number of hydrogen-bond donors (Lipinski definition) is 1. The summed E-state index contributed by atoms with van der Waals surface area (Å²) in [6.07, 6.45) is 2.34. The van der Waals surface area contributed by atoms with Crippen molar-refractivity contribution in [1.82, 2.24) is 14.9 Å². The molecule has 1 atom stereocenters. The van der Waals surface area contributed by atoms with Gasteiger partial charge in [-0.3, -0.25) is 9.36 Å². The lowest BCUT2D eigenvalue weighted by atomic mass is 10.2. The Balaban J connectivity index is 1.67. The molecule has 1 N–H and O–H groups in total. The maximum absolute atomic E-state index is 12.3. The zero-order chi connectivity index (χ0) is 21.8. The van der Waals surface area contributed by atoms with Crippen LogP contribution in [0, 0.1) is 27.7 Å². The number of amides is 1. The molecular weight excluding hydrogens is 388 g/mol. The third-order valence-electron chi connectivity index (χ3n) is 4.51. The van der Waals surface area contributed by atoms with Gasteiger partial charge < -0.3 is 19.1 Å². The van der Waals surface area contributed by atoms with Gasteiger partial charge >= 0.3 is 5.97 Å². The van der Waals surface area contributed by atoms with Gasteiger partial charge in [0, 0.05) is 29.6 Å². The Morgan fingerprint density at radius 3 is 2.43 bits per heavy atom. The molecule has 0 bridgehead atoms. The third kappa shape index (κ3) is 4.68. The van der Waals surface area contributed by atoms with E-state index in [1.807, 2.05) is 37.5 Å². The average Bonchev–Trinajstić information content (AvgIpc) is 3.37. The molecule has 1 unspecified atom stereocenters. The number of carbonyl (C=O) groups is 2. The molecule has 0 fully saturated rings. The van der Waals surface area contributed by atoms with E-state index < -0.39 is 18.0 Å². The van der Waals surface area contributed by atoms with E-state index in [2.05, 4.69) is 15.6 Å². The summed E-state index contributed by atoms with van der Waals surface area (Å²) in [6.45, 7) is 9.15. The molecule has 3 heterocycles. The van der Waals surface area contributed by atoms with Crippen LogP contribution >= 0.6 is 0 Å². The van der Waals surface area contributed by atoms with E-state index in [4.69, 9.17) is 13.8 Å². The summed E-state index contributed by atoms with van der Waals surface area (Å²) in [5.74, 6) is 1.15. The van der Waals surface area contributed by atoms with Gasteiger partial charge in [-0.1, -0.05) is 17.2 Å².